The van der Waals surface area contributed by atoms with Crippen molar-refractivity contribution in [1.29, 1.82) is 0 Å². The highest BCUT2D eigenvalue weighted by molar-refractivity contribution is 8.00. The maximum Gasteiger partial charge on any atom is 0.234 e. The Balaban J connectivity index is 1.94. The summed E-state index contributed by atoms with van der Waals surface area (Å²) < 4.78 is 18.1. The van der Waals surface area contributed by atoms with Gasteiger partial charge >= 0.3 is 0 Å². The number of thioether (sulfide) groups is 1. The van der Waals surface area contributed by atoms with Crippen LogP contribution in [0, 0.1) is 12.7 Å². The second-order valence-electron chi connectivity index (χ2n) is 4.49. The fourth-order valence-corrected chi connectivity index (χ4v) is 2.44. The smallest absolute Gasteiger partial charge is 0.234 e. The monoisotopic (exact) mass is 305 g/mol. The van der Waals surface area contributed by atoms with Crippen molar-refractivity contribution < 1.29 is 13.9 Å². The van der Waals surface area contributed by atoms with Crippen LogP contribution in [0.1, 0.15) is 5.56 Å². The number of nitrogens with one attached hydrogen (secondary N) is 1. The maximum atomic E-state index is 13.1. The first kappa shape index (κ1) is 15.4. The molecule has 21 heavy (non-hydrogen) atoms. The van der Waals surface area contributed by atoms with Crippen molar-refractivity contribution in [3.8, 4) is 5.75 Å². The lowest BCUT2D eigenvalue weighted by atomic mass is 10.2. The van der Waals surface area contributed by atoms with Gasteiger partial charge in [0.25, 0.3) is 0 Å². The minimum Gasteiger partial charge on any atom is -0.494 e. The lowest BCUT2D eigenvalue weighted by molar-refractivity contribution is -0.113. The van der Waals surface area contributed by atoms with Gasteiger partial charge in [-0.1, -0.05) is 17.7 Å². The molecule has 0 aromatic heterocycles. The molecule has 0 bridgehead atoms. The van der Waals surface area contributed by atoms with E-state index in [-0.39, 0.29) is 11.7 Å². The molecule has 0 aliphatic rings. The summed E-state index contributed by atoms with van der Waals surface area (Å²) in [4.78, 5) is 13.0. The van der Waals surface area contributed by atoms with Gasteiger partial charge in [0.05, 0.1) is 18.6 Å². The molecule has 0 spiro atoms. The van der Waals surface area contributed by atoms with Gasteiger partial charge in [0.2, 0.25) is 5.91 Å². The van der Waals surface area contributed by atoms with Crippen LogP contribution in [0.3, 0.4) is 0 Å². The number of hydrogen-bond donors (Lipinski definition) is 1. The molecule has 0 radical (unpaired) electrons. The highest BCUT2D eigenvalue weighted by Gasteiger charge is 2.09. The van der Waals surface area contributed by atoms with Gasteiger partial charge in [-0.25, -0.2) is 4.39 Å². The molecule has 0 aliphatic carbocycles. The first-order valence-corrected chi connectivity index (χ1v) is 7.40. The molecule has 2 rings (SSSR count). The van der Waals surface area contributed by atoms with E-state index in [0.717, 1.165) is 4.90 Å². The first-order chi connectivity index (χ1) is 10.1. The standard InChI is InChI=1S/C16H16FNO2S/c1-11-3-6-13(7-4-11)21-10-16(19)18-14-8-5-12(17)9-15(14)20-2/h3-9H,10H2,1-2H3,(H,18,19). The Labute approximate surface area is 127 Å². The fourth-order valence-electron chi connectivity index (χ4n) is 1.74. The number of ether oxygens (including phenoxy) is 1. The largest absolute Gasteiger partial charge is 0.494 e. The number of aryl methyl sites for hydroxylation is 1. The Kier molecular flexibility index (Phi) is 5.22. The first-order valence-electron chi connectivity index (χ1n) is 6.41. The third-order valence-electron chi connectivity index (χ3n) is 2.83. The van der Waals surface area contributed by atoms with Gasteiger partial charge in [-0.3, -0.25) is 4.79 Å². The number of halogens is 1. The number of rotatable bonds is 5. The molecule has 3 nitrogen and oxygen atoms in total. The Morgan fingerprint density at radius 1 is 1.24 bits per heavy atom. The summed E-state index contributed by atoms with van der Waals surface area (Å²) in [6, 6.07) is 12.0. The van der Waals surface area contributed by atoms with Crippen molar-refractivity contribution in [1.82, 2.24) is 0 Å². The van der Waals surface area contributed by atoms with E-state index in [0.29, 0.717) is 11.4 Å². The summed E-state index contributed by atoms with van der Waals surface area (Å²) >= 11 is 1.45. The number of hydrogen-bond acceptors (Lipinski definition) is 3. The van der Waals surface area contributed by atoms with E-state index in [4.69, 9.17) is 4.74 Å². The zero-order chi connectivity index (χ0) is 15.2. The average Bonchev–Trinajstić information content (AvgIpc) is 2.48. The van der Waals surface area contributed by atoms with Crippen LogP contribution in [0.15, 0.2) is 47.4 Å². The summed E-state index contributed by atoms with van der Waals surface area (Å²) in [6.07, 6.45) is 0. The normalized spacial score (nSPS) is 10.2. The molecule has 1 amide bonds. The van der Waals surface area contributed by atoms with E-state index < -0.39 is 5.82 Å². The van der Waals surface area contributed by atoms with Crippen molar-refractivity contribution in [3.05, 3.63) is 53.8 Å². The molecule has 0 atom stereocenters. The van der Waals surface area contributed by atoms with Gasteiger partial charge in [-0.2, -0.15) is 0 Å². The maximum absolute atomic E-state index is 13.1. The van der Waals surface area contributed by atoms with Gasteiger partial charge in [0, 0.05) is 11.0 Å². The van der Waals surface area contributed by atoms with E-state index in [1.807, 2.05) is 31.2 Å². The van der Waals surface area contributed by atoms with Crippen molar-refractivity contribution in [2.24, 2.45) is 0 Å². The highest BCUT2D eigenvalue weighted by Crippen LogP contribution is 2.25. The van der Waals surface area contributed by atoms with Crippen LogP contribution in [0.25, 0.3) is 0 Å². The van der Waals surface area contributed by atoms with Crippen LogP contribution in [0.2, 0.25) is 0 Å². The topological polar surface area (TPSA) is 38.3 Å². The van der Waals surface area contributed by atoms with Crippen LogP contribution >= 0.6 is 11.8 Å². The van der Waals surface area contributed by atoms with Crippen LogP contribution < -0.4 is 10.1 Å². The lowest BCUT2D eigenvalue weighted by Gasteiger charge is -2.10. The fraction of sp³-hybridized carbons (Fsp3) is 0.188. The summed E-state index contributed by atoms with van der Waals surface area (Å²) in [5.74, 6) is 0.0249. The van der Waals surface area contributed by atoms with Crippen LogP contribution in [0.5, 0.6) is 5.75 Å². The molecule has 5 heteroatoms. The minimum atomic E-state index is -0.404. The number of carbonyl (C=O) groups is 1. The second-order valence-corrected chi connectivity index (χ2v) is 5.54. The Morgan fingerprint density at radius 2 is 1.95 bits per heavy atom. The van der Waals surface area contributed by atoms with Crippen LogP contribution in [-0.4, -0.2) is 18.8 Å². The predicted molar refractivity (Wildman–Crippen MR) is 83.5 cm³/mol. The van der Waals surface area contributed by atoms with Crippen LogP contribution in [0.4, 0.5) is 10.1 Å². The minimum absolute atomic E-state index is 0.162. The molecule has 2 aromatic rings. The van der Waals surface area contributed by atoms with Crippen molar-refractivity contribution in [2.45, 2.75) is 11.8 Å². The van der Waals surface area contributed by atoms with Crippen molar-refractivity contribution in [3.63, 3.8) is 0 Å². The third kappa shape index (κ3) is 4.49. The van der Waals surface area contributed by atoms with E-state index in [1.165, 1.54) is 42.6 Å². The molecule has 0 saturated carbocycles. The second kappa shape index (κ2) is 7.13. The number of benzene rings is 2. The lowest BCUT2D eigenvalue weighted by Crippen LogP contribution is -2.14. The SMILES string of the molecule is COc1cc(F)ccc1NC(=O)CSc1ccc(C)cc1. The van der Waals surface area contributed by atoms with Crippen LogP contribution in [-0.2, 0) is 4.79 Å². The molecule has 0 fully saturated rings. The molecule has 110 valence electrons. The zero-order valence-electron chi connectivity index (χ0n) is 11.9. The Bertz CT molecular complexity index is 629. The molecule has 1 N–H and O–H groups in total. The summed E-state index contributed by atoms with van der Waals surface area (Å²) in [6.45, 7) is 2.02. The number of carbonyl (C=O) groups excluding carboxylic acids is 1. The Morgan fingerprint density at radius 3 is 2.62 bits per heavy atom. The average molecular weight is 305 g/mol. The van der Waals surface area contributed by atoms with Gasteiger partial charge in [-0.15, -0.1) is 11.8 Å². The van der Waals surface area contributed by atoms with Gasteiger partial charge in [0.1, 0.15) is 11.6 Å². The molecule has 0 aliphatic heterocycles. The van der Waals surface area contributed by atoms with Gasteiger partial charge in [-0.05, 0) is 31.2 Å². The van der Waals surface area contributed by atoms with Crippen molar-refractivity contribution >= 4 is 23.4 Å². The van der Waals surface area contributed by atoms with Gasteiger partial charge < -0.3 is 10.1 Å². The van der Waals surface area contributed by atoms with E-state index >= 15 is 0 Å². The molecular formula is C16H16FNO2S. The molecule has 0 unspecified atom stereocenters. The summed E-state index contributed by atoms with van der Waals surface area (Å²) in [5.41, 5.74) is 1.65. The summed E-state index contributed by atoms with van der Waals surface area (Å²) in [7, 11) is 1.44. The molecule has 0 saturated heterocycles. The zero-order valence-corrected chi connectivity index (χ0v) is 12.7. The third-order valence-corrected chi connectivity index (χ3v) is 3.84. The molecule has 2 aromatic carbocycles. The number of methoxy groups -OCH3 is 1. The van der Waals surface area contributed by atoms with E-state index in [2.05, 4.69) is 5.32 Å². The predicted octanol–water partition coefficient (Wildman–Crippen LogP) is 3.87. The molecule has 0 heterocycles. The Hall–Kier alpha value is -2.01. The van der Waals surface area contributed by atoms with E-state index in [9.17, 15) is 9.18 Å². The summed E-state index contributed by atoms with van der Waals surface area (Å²) in [5, 5.41) is 2.72. The van der Waals surface area contributed by atoms with Gasteiger partial charge in [0.15, 0.2) is 0 Å². The number of anilines is 1. The van der Waals surface area contributed by atoms with Crippen molar-refractivity contribution in [2.75, 3.05) is 18.2 Å². The highest BCUT2D eigenvalue weighted by atomic mass is 32.2. The quantitative estimate of drug-likeness (QED) is 0.852. The molecular weight excluding hydrogens is 289 g/mol. The van der Waals surface area contributed by atoms with E-state index in [1.54, 1.807) is 0 Å². The number of amides is 1.